The van der Waals surface area contributed by atoms with Gasteiger partial charge in [-0.05, 0) is 48.2 Å². The summed E-state index contributed by atoms with van der Waals surface area (Å²) >= 11 is 0. The number of aryl methyl sites for hydroxylation is 2. The van der Waals surface area contributed by atoms with Gasteiger partial charge in [0, 0.05) is 30.9 Å². The Labute approximate surface area is 163 Å². The minimum absolute atomic E-state index is 0.111. The molecule has 1 amide bonds. The van der Waals surface area contributed by atoms with Crippen molar-refractivity contribution in [3.05, 3.63) is 95.6 Å². The number of nitrogens with one attached hydrogen (secondary N) is 1. The normalized spacial score (nSPS) is 10.9. The Balaban J connectivity index is 1.37. The van der Waals surface area contributed by atoms with Gasteiger partial charge >= 0.3 is 0 Å². The zero-order valence-electron chi connectivity index (χ0n) is 15.5. The summed E-state index contributed by atoms with van der Waals surface area (Å²) in [5.74, 6) is 0.576. The van der Waals surface area contributed by atoms with Crippen LogP contribution in [0.1, 0.15) is 27.4 Å². The average molecular weight is 371 g/mol. The fourth-order valence-electron chi connectivity index (χ4n) is 3.09. The van der Waals surface area contributed by atoms with Gasteiger partial charge in [-0.3, -0.25) is 9.78 Å². The zero-order chi connectivity index (χ0) is 19.2. The van der Waals surface area contributed by atoms with Crippen LogP contribution in [-0.2, 0) is 19.3 Å². The lowest BCUT2D eigenvalue weighted by atomic mass is 10.1. The smallest absolute Gasteiger partial charge is 0.251 e. The summed E-state index contributed by atoms with van der Waals surface area (Å²) in [6.07, 6.45) is 5.89. The van der Waals surface area contributed by atoms with Crippen molar-refractivity contribution in [1.29, 1.82) is 0 Å². The van der Waals surface area contributed by atoms with E-state index in [1.54, 1.807) is 18.3 Å². The van der Waals surface area contributed by atoms with Crippen LogP contribution in [0.15, 0.2) is 77.5 Å². The minimum Gasteiger partial charge on any atom is -0.441 e. The van der Waals surface area contributed by atoms with E-state index in [1.807, 2.05) is 42.6 Å². The molecular formula is C23H21N3O2. The van der Waals surface area contributed by atoms with Gasteiger partial charge in [0.1, 0.15) is 5.52 Å². The maximum absolute atomic E-state index is 12.4. The molecule has 0 saturated heterocycles. The summed E-state index contributed by atoms with van der Waals surface area (Å²) in [5.41, 5.74) is 4.34. The molecule has 2 aromatic carbocycles. The molecule has 0 bridgehead atoms. The van der Waals surface area contributed by atoms with E-state index >= 15 is 0 Å². The van der Waals surface area contributed by atoms with Crippen LogP contribution in [0.3, 0.4) is 0 Å². The number of fused-ring (bicyclic) bond motifs is 1. The third-order valence-electron chi connectivity index (χ3n) is 4.59. The molecule has 0 fully saturated rings. The second-order valence-electron chi connectivity index (χ2n) is 6.64. The molecule has 1 N–H and O–H groups in total. The molecule has 2 aromatic heterocycles. The number of amides is 1. The number of aromatic nitrogens is 2. The summed E-state index contributed by atoms with van der Waals surface area (Å²) in [4.78, 5) is 21.0. The van der Waals surface area contributed by atoms with Crippen molar-refractivity contribution in [2.24, 2.45) is 0 Å². The van der Waals surface area contributed by atoms with Crippen LogP contribution in [0.4, 0.5) is 0 Å². The van der Waals surface area contributed by atoms with E-state index in [-0.39, 0.29) is 5.91 Å². The lowest BCUT2D eigenvalue weighted by Crippen LogP contribution is -2.25. The van der Waals surface area contributed by atoms with Gasteiger partial charge in [0.25, 0.3) is 5.91 Å². The molecule has 2 heterocycles. The largest absolute Gasteiger partial charge is 0.441 e. The molecule has 4 aromatic rings. The number of carbonyl (C=O) groups is 1. The van der Waals surface area contributed by atoms with Crippen molar-refractivity contribution in [2.45, 2.75) is 19.3 Å². The second kappa shape index (κ2) is 8.48. The first-order chi connectivity index (χ1) is 13.8. The Morgan fingerprint density at radius 3 is 2.61 bits per heavy atom. The molecule has 0 aliphatic carbocycles. The molecule has 140 valence electrons. The standard InChI is InChI=1S/C23H21N3O2/c27-23(25-14-12-18-7-4-13-24-16-18)19-9-10-21-20(15-19)26-22(28-21)11-8-17-5-2-1-3-6-17/h1-7,9-10,13,15-16H,8,11-12,14H2,(H,25,27). The van der Waals surface area contributed by atoms with Crippen LogP contribution < -0.4 is 5.32 Å². The van der Waals surface area contributed by atoms with Crippen molar-refractivity contribution in [1.82, 2.24) is 15.3 Å². The van der Waals surface area contributed by atoms with Crippen molar-refractivity contribution < 1.29 is 9.21 Å². The van der Waals surface area contributed by atoms with Crippen LogP contribution >= 0.6 is 0 Å². The van der Waals surface area contributed by atoms with Gasteiger partial charge in [-0.2, -0.15) is 0 Å². The summed E-state index contributed by atoms with van der Waals surface area (Å²) in [7, 11) is 0. The van der Waals surface area contributed by atoms with Crippen molar-refractivity contribution in [2.75, 3.05) is 6.54 Å². The molecule has 5 heteroatoms. The summed E-state index contributed by atoms with van der Waals surface area (Å²) in [6, 6.07) is 19.5. The monoisotopic (exact) mass is 371 g/mol. The molecule has 0 aliphatic rings. The highest BCUT2D eigenvalue weighted by Gasteiger charge is 2.11. The quantitative estimate of drug-likeness (QED) is 0.533. The first kappa shape index (κ1) is 17.9. The van der Waals surface area contributed by atoms with Crippen LogP contribution in [0.2, 0.25) is 0 Å². The summed E-state index contributed by atoms with van der Waals surface area (Å²) < 4.78 is 5.81. The van der Waals surface area contributed by atoms with Crippen molar-refractivity contribution in [3.8, 4) is 0 Å². The SMILES string of the molecule is O=C(NCCc1cccnc1)c1ccc2oc(CCc3ccccc3)nc2c1. The first-order valence-corrected chi connectivity index (χ1v) is 9.38. The molecule has 0 saturated carbocycles. The number of hydrogen-bond acceptors (Lipinski definition) is 4. The van der Waals surface area contributed by atoms with Crippen LogP contribution in [0.25, 0.3) is 11.1 Å². The van der Waals surface area contributed by atoms with E-state index in [0.29, 0.717) is 29.1 Å². The van der Waals surface area contributed by atoms with Crippen LogP contribution in [-0.4, -0.2) is 22.4 Å². The lowest BCUT2D eigenvalue weighted by molar-refractivity contribution is 0.0954. The predicted octanol–water partition coefficient (Wildman–Crippen LogP) is 3.98. The summed E-state index contributed by atoms with van der Waals surface area (Å²) in [6.45, 7) is 0.559. The van der Waals surface area contributed by atoms with Crippen molar-refractivity contribution in [3.63, 3.8) is 0 Å². The predicted molar refractivity (Wildman–Crippen MR) is 108 cm³/mol. The maximum Gasteiger partial charge on any atom is 0.251 e. The Morgan fingerprint density at radius 2 is 1.79 bits per heavy atom. The fourth-order valence-corrected chi connectivity index (χ4v) is 3.09. The van der Waals surface area contributed by atoms with Crippen LogP contribution in [0, 0.1) is 0 Å². The first-order valence-electron chi connectivity index (χ1n) is 9.38. The van der Waals surface area contributed by atoms with Gasteiger partial charge in [0.15, 0.2) is 11.5 Å². The molecule has 0 aliphatic heterocycles. The topological polar surface area (TPSA) is 68.0 Å². The highest BCUT2D eigenvalue weighted by molar-refractivity contribution is 5.97. The van der Waals surface area contributed by atoms with E-state index in [0.717, 1.165) is 24.8 Å². The molecule has 28 heavy (non-hydrogen) atoms. The Hall–Kier alpha value is -3.47. The number of benzene rings is 2. The summed E-state index contributed by atoms with van der Waals surface area (Å²) in [5, 5.41) is 2.94. The van der Waals surface area contributed by atoms with Gasteiger partial charge in [-0.1, -0.05) is 36.4 Å². The number of nitrogens with zero attached hydrogens (tertiary/aromatic N) is 2. The Morgan fingerprint density at radius 1 is 0.929 bits per heavy atom. The third-order valence-corrected chi connectivity index (χ3v) is 4.59. The average Bonchev–Trinajstić information content (AvgIpc) is 3.16. The van der Waals surface area contributed by atoms with E-state index in [9.17, 15) is 4.79 Å². The molecular weight excluding hydrogens is 350 g/mol. The van der Waals surface area contributed by atoms with Gasteiger partial charge in [0.2, 0.25) is 0 Å². The fraction of sp³-hybridized carbons (Fsp3) is 0.174. The minimum atomic E-state index is -0.111. The Kier molecular flexibility index (Phi) is 5.43. The van der Waals surface area contributed by atoms with Gasteiger partial charge in [0.05, 0.1) is 0 Å². The second-order valence-corrected chi connectivity index (χ2v) is 6.64. The lowest BCUT2D eigenvalue weighted by Gasteiger charge is -2.05. The van der Waals surface area contributed by atoms with Crippen LogP contribution in [0.5, 0.6) is 0 Å². The number of pyridine rings is 1. The number of oxazole rings is 1. The molecule has 0 atom stereocenters. The van der Waals surface area contributed by atoms with Gasteiger partial charge in [-0.25, -0.2) is 4.98 Å². The highest BCUT2D eigenvalue weighted by atomic mass is 16.3. The van der Waals surface area contributed by atoms with E-state index < -0.39 is 0 Å². The maximum atomic E-state index is 12.4. The highest BCUT2D eigenvalue weighted by Crippen LogP contribution is 2.18. The molecule has 0 unspecified atom stereocenters. The molecule has 4 rings (SSSR count). The van der Waals surface area contributed by atoms with E-state index in [1.165, 1.54) is 5.56 Å². The van der Waals surface area contributed by atoms with Gasteiger partial charge < -0.3 is 9.73 Å². The number of hydrogen-bond donors (Lipinski definition) is 1. The molecule has 5 nitrogen and oxygen atoms in total. The van der Waals surface area contributed by atoms with E-state index in [4.69, 9.17) is 4.42 Å². The number of rotatable bonds is 7. The molecule has 0 radical (unpaired) electrons. The zero-order valence-corrected chi connectivity index (χ0v) is 15.5. The molecule has 0 spiro atoms. The number of carbonyl (C=O) groups excluding carboxylic acids is 1. The van der Waals surface area contributed by atoms with Gasteiger partial charge in [-0.15, -0.1) is 0 Å². The Bertz CT molecular complexity index is 1060. The van der Waals surface area contributed by atoms with Crippen molar-refractivity contribution >= 4 is 17.0 Å². The van der Waals surface area contributed by atoms with E-state index in [2.05, 4.69) is 27.4 Å². The third kappa shape index (κ3) is 4.43.